The Morgan fingerprint density at radius 2 is 1.15 bits per heavy atom. The third-order valence-corrected chi connectivity index (χ3v) is 17.2. The smallest absolute Gasteiger partial charge is 0.344 e. The monoisotopic (exact) mass is 879 g/mol. The number of nitrogens with zero attached hydrogens (tertiary/aromatic N) is 2. The van der Waals surface area contributed by atoms with Crippen molar-refractivity contribution in [3.63, 3.8) is 0 Å². The fourth-order valence-corrected chi connectivity index (χ4v) is 15.3. The lowest BCUT2D eigenvalue weighted by atomic mass is 9.77. The summed E-state index contributed by atoms with van der Waals surface area (Å²) < 4.78 is 27.4. The first-order valence-corrected chi connectivity index (χ1v) is 23.4. The van der Waals surface area contributed by atoms with Crippen LogP contribution in [0.15, 0.2) is 127 Å². The number of carbonyl (C=O) groups is 1. The number of hydrogen-bond acceptors (Lipinski definition) is 10. The minimum atomic E-state index is -4.10. The summed E-state index contributed by atoms with van der Waals surface area (Å²) in [6.45, 7) is 1.57. The van der Waals surface area contributed by atoms with Gasteiger partial charge in [-0.25, -0.2) is 4.79 Å². The van der Waals surface area contributed by atoms with Gasteiger partial charge in [-0.15, -0.1) is 4.67 Å². The molecule has 3 N–H and O–H groups in total. The third kappa shape index (κ3) is 8.48. The molecule has 0 radical (unpaired) electrons. The Hall–Kier alpha value is -4.82. The van der Waals surface area contributed by atoms with Crippen LogP contribution in [0.3, 0.4) is 0 Å². The van der Waals surface area contributed by atoms with Crippen molar-refractivity contribution in [3.8, 4) is 28.7 Å². The van der Waals surface area contributed by atoms with Crippen molar-refractivity contribution < 1.29 is 38.8 Å². The second kappa shape index (κ2) is 19.7. The Balaban J connectivity index is 1.67. The number of aliphatic hydroxyl groups excluding tert-OH is 3. The molecule has 0 amide bonds. The number of halogens is 1. The average Bonchev–Trinajstić information content (AvgIpc) is 3.61. The van der Waals surface area contributed by atoms with E-state index in [0.717, 1.165) is 27.8 Å². The van der Waals surface area contributed by atoms with Crippen molar-refractivity contribution in [1.82, 2.24) is 4.67 Å². The zero-order valence-electron chi connectivity index (χ0n) is 36.2. The summed E-state index contributed by atoms with van der Waals surface area (Å²) in [5.41, 5.74) is 2.17. The zero-order chi connectivity index (χ0) is 44.7. The van der Waals surface area contributed by atoms with Gasteiger partial charge in [-0.1, -0.05) is 103 Å². The molecule has 326 valence electrons. The first-order chi connectivity index (χ1) is 29.8. The maximum Gasteiger partial charge on any atom is 0.344 e. The van der Waals surface area contributed by atoms with Crippen molar-refractivity contribution >= 4 is 24.2 Å². The lowest BCUT2D eigenvalue weighted by Crippen LogP contribution is -2.54. The predicted octanol–water partition coefficient (Wildman–Crippen LogP) is 9.49. The number of methoxy groups -OCH3 is 2. The number of esters is 1. The maximum absolute atomic E-state index is 15.6. The highest BCUT2D eigenvalue weighted by atomic mass is 35.7. The first-order valence-electron chi connectivity index (χ1n) is 20.8. The van der Waals surface area contributed by atoms with Crippen LogP contribution in [0.4, 0.5) is 0 Å². The Kier molecular flexibility index (Phi) is 14.8. The summed E-state index contributed by atoms with van der Waals surface area (Å²) in [4.78, 5) is 15.6. The van der Waals surface area contributed by atoms with E-state index in [4.69, 9.17) is 30.0 Å². The van der Waals surface area contributed by atoms with Gasteiger partial charge < -0.3 is 29.5 Å². The summed E-state index contributed by atoms with van der Waals surface area (Å²) >= 11 is 8.70. The highest BCUT2D eigenvalue weighted by molar-refractivity contribution is 7.94. The molecule has 0 spiro atoms. The Morgan fingerprint density at radius 3 is 1.56 bits per heavy atom. The lowest BCUT2D eigenvalue weighted by molar-refractivity contribution is -0.168. The van der Waals surface area contributed by atoms with E-state index in [1.54, 1.807) is 14.2 Å². The summed E-state index contributed by atoms with van der Waals surface area (Å²) in [5.74, 6) is -0.0505. The maximum atomic E-state index is 15.6. The standard InChI is InChI=1S/C50H57ClN2O8P/c1-35(2)53(36(3)4)62(51,50(37-14-8-7-9-15-37,38-20-24-40(58-5)25-21-38)39-22-26-41(59-6)27-23-39)61-49(28-29-52,31-48(32-54,33-55)34-56)47(57)60-30-46-44-18-12-10-16-42(44)43-17-11-13-19-45(43)46/h7-27,35-36,46,54-56H,28,30-34H2,1-6H3/q+1. The van der Waals surface area contributed by atoms with Crippen LogP contribution < -0.4 is 9.47 Å². The van der Waals surface area contributed by atoms with Crippen LogP contribution in [0.25, 0.3) is 11.1 Å². The van der Waals surface area contributed by atoms with Crippen molar-refractivity contribution in [2.24, 2.45) is 5.41 Å². The van der Waals surface area contributed by atoms with Gasteiger partial charge in [0.2, 0.25) is 10.8 Å². The van der Waals surface area contributed by atoms with Gasteiger partial charge in [0.1, 0.15) is 29.3 Å². The topological polar surface area (TPSA) is 142 Å². The molecule has 1 aliphatic rings. The Labute approximate surface area is 370 Å². The molecular formula is C50H57ClN2O8P+. The number of carbonyl (C=O) groups excluding carboxylic acids is 1. The third-order valence-electron chi connectivity index (χ3n) is 12.0. The molecule has 0 saturated heterocycles. The van der Waals surface area contributed by atoms with E-state index < -0.39 is 61.8 Å². The summed E-state index contributed by atoms with van der Waals surface area (Å²) in [5, 5.41) is 42.2. The number of nitriles is 1. The lowest BCUT2D eigenvalue weighted by Gasteiger charge is -2.49. The van der Waals surface area contributed by atoms with Crippen LogP contribution in [0.5, 0.6) is 11.5 Å². The van der Waals surface area contributed by atoms with Gasteiger partial charge in [-0.3, -0.25) is 0 Å². The molecule has 0 aliphatic heterocycles. The van der Waals surface area contributed by atoms with E-state index in [2.05, 4.69) is 10.7 Å². The molecule has 0 aromatic heterocycles. The largest absolute Gasteiger partial charge is 0.497 e. The second-order valence-corrected chi connectivity index (χ2v) is 20.2. The van der Waals surface area contributed by atoms with Crippen molar-refractivity contribution in [2.75, 3.05) is 40.6 Å². The molecular weight excluding hydrogens is 823 g/mol. The van der Waals surface area contributed by atoms with Crippen molar-refractivity contribution in [1.29, 1.82) is 5.26 Å². The fourth-order valence-electron chi connectivity index (χ4n) is 9.12. The average molecular weight is 880 g/mol. The van der Waals surface area contributed by atoms with Gasteiger partial charge in [0.05, 0.1) is 46.5 Å². The second-order valence-electron chi connectivity index (χ2n) is 16.5. The number of aliphatic hydroxyl groups is 3. The Morgan fingerprint density at radius 1 is 0.710 bits per heavy atom. The molecule has 2 atom stereocenters. The molecule has 5 aromatic carbocycles. The SMILES string of the molecule is COc1ccc(C(c2ccccc2)(c2ccc(OC)cc2)[P+](Cl)(OC(CC#N)(CC(CO)(CO)CO)C(=O)OCC2c3ccccc3-c3ccccc32)N(C(C)C)C(C)C)cc1. The van der Waals surface area contributed by atoms with Gasteiger partial charge in [0.15, 0.2) is 0 Å². The van der Waals surface area contributed by atoms with E-state index in [0.29, 0.717) is 22.6 Å². The number of rotatable bonds is 20. The normalized spacial score (nSPS) is 14.8. The van der Waals surface area contributed by atoms with Crippen molar-refractivity contribution in [3.05, 3.63) is 155 Å². The predicted molar refractivity (Wildman–Crippen MR) is 244 cm³/mol. The van der Waals surface area contributed by atoms with Gasteiger partial charge in [0, 0.05) is 46.5 Å². The van der Waals surface area contributed by atoms with Crippen LogP contribution >= 0.6 is 18.2 Å². The molecule has 2 unspecified atom stereocenters. The molecule has 5 aromatic rings. The number of ether oxygens (including phenoxy) is 3. The van der Waals surface area contributed by atoms with E-state index in [9.17, 15) is 20.6 Å². The quantitative estimate of drug-likeness (QED) is 0.0393. The fraction of sp³-hybridized carbons (Fsp3) is 0.360. The van der Waals surface area contributed by atoms with E-state index in [1.807, 2.05) is 155 Å². The summed E-state index contributed by atoms with van der Waals surface area (Å²) in [7, 11) is 3.18. The highest BCUT2D eigenvalue weighted by Crippen LogP contribution is 2.85. The minimum Gasteiger partial charge on any atom is -0.497 e. The zero-order valence-corrected chi connectivity index (χ0v) is 37.9. The van der Waals surface area contributed by atoms with Gasteiger partial charge in [0.25, 0.3) is 0 Å². The van der Waals surface area contributed by atoms with E-state index >= 15 is 4.79 Å². The first kappa shape index (κ1) is 46.7. The minimum absolute atomic E-state index is 0.111. The van der Waals surface area contributed by atoms with Gasteiger partial charge in [-0.2, -0.15) is 9.79 Å². The van der Waals surface area contributed by atoms with Gasteiger partial charge >= 0.3 is 13.0 Å². The van der Waals surface area contributed by atoms with Crippen LogP contribution in [0.1, 0.15) is 74.3 Å². The molecule has 0 bridgehead atoms. The molecule has 62 heavy (non-hydrogen) atoms. The summed E-state index contributed by atoms with van der Waals surface area (Å²) in [6, 6.07) is 42.2. The molecule has 12 heteroatoms. The molecule has 10 nitrogen and oxygen atoms in total. The number of hydrogen-bond donors (Lipinski definition) is 3. The van der Waals surface area contributed by atoms with E-state index in [1.165, 1.54) is 0 Å². The molecule has 6 rings (SSSR count). The Bertz CT molecular complexity index is 2210. The van der Waals surface area contributed by atoms with Crippen LogP contribution in [-0.4, -0.2) is 84.3 Å². The highest BCUT2D eigenvalue weighted by Gasteiger charge is 2.73. The molecule has 1 aliphatic carbocycles. The molecule has 0 saturated carbocycles. The number of benzene rings is 5. The molecule has 0 fully saturated rings. The van der Waals surface area contributed by atoms with Crippen molar-refractivity contribution in [2.45, 2.75) is 69.3 Å². The van der Waals surface area contributed by atoms with E-state index in [-0.39, 0.29) is 24.6 Å². The number of fused-ring (bicyclic) bond motifs is 3. The molecule has 0 heterocycles. The summed E-state index contributed by atoms with van der Waals surface area (Å²) in [6.07, 6.45) is -1.11. The van der Waals surface area contributed by atoms with Crippen LogP contribution in [0.2, 0.25) is 0 Å². The van der Waals surface area contributed by atoms with Gasteiger partial charge in [-0.05, 0) is 74.2 Å². The van der Waals surface area contributed by atoms with Crippen LogP contribution in [0, 0.1) is 16.7 Å². The van der Waals surface area contributed by atoms with Crippen LogP contribution in [-0.2, 0) is 19.2 Å².